The Morgan fingerprint density at radius 3 is 2.67 bits per heavy atom. The van der Waals surface area contributed by atoms with Gasteiger partial charge in [0.15, 0.2) is 29.9 Å². The molecule has 4 atom stereocenters. The fourth-order valence-corrected chi connectivity index (χ4v) is 4.46. The van der Waals surface area contributed by atoms with E-state index in [0.29, 0.717) is 35.6 Å². The number of rotatable bonds is 9. The summed E-state index contributed by atoms with van der Waals surface area (Å²) < 4.78 is 19.7. The van der Waals surface area contributed by atoms with Crippen molar-refractivity contribution < 1.29 is 23.8 Å². The lowest BCUT2D eigenvalue weighted by atomic mass is 10.1. The average Bonchev–Trinajstić information content (AvgIpc) is 3.42. The van der Waals surface area contributed by atoms with Gasteiger partial charge < -0.3 is 30.2 Å². The number of carbonyl (C=O) groups excluding carboxylic acids is 2. The number of aromatic nitrogens is 4. The van der Waals surface area contributed by atoms with Crippen molar-refractivity contribution in [1.82, 2.24) is 29.7 Å². The number of likely N-dealkylation sites (N-methyl/N-ethyl adjacent to an activating group) is 1. The molecule has 0 bridgehead atoms. The normalized spacial score (nSPS) is 21.6. The molecule has 0 radical (unpaired) electrons. The Bertz CT molecular complexity index is 1190. The molecule has 3 N–H and O–H groups in total. The third-order valence-corrected chi connectivity index (χ3v) is 6.26. The van der Waals surface area contributed by atoms with E-state index in [1.54, 1.807) is 28.8 Å². The Balaban J connectivity index is 1.66. The van der Waals surface area contributed by atoms with Crippen LogP contribution in [0.2, 0.25) is 0 Å². The van der Waals surface area contributed by atoms with Crippen LogP contribution in [0.15, 0.2) is 43.0 Å². The number of carbonyl (C=O) groups is 2. The Morgan fingerprint density at radius 1 is 1.17 bits per heavy atom. The molecule has 36 heavy (non-hydrogen) atoms. The average molecular weight is 516 g/mol. The number of hydrogen-bond donors (Lipinski definition) is 2. The molecular formula is C23H29N7O5S. The zero-order valence-electron chi connectivity index (χ0n) is 20.2. The Labute approximate surface area is 212 Å². The minimum Gasteiger partial charge on any atom is -0.452 e. The molecule has 1 saturated heterocycles. The van der Waals surface area contributed by atoms with Crippen molar-refractivity contribution in [2.45, 2.75) is 24.5 Å². The zero-order valence-corrected chi connectivity index (χ0v) is 21.1. The topological polar surface area (TPSA) is 147 Å². The summed E-state index contributed by atoms with van der Waals surface area (Å²) in [6.07, 6.45) is 0.785. The number of benzene rings is 1. The van der Waals surface area contributed by atoms with Gasteiger partial charge in [-0.05, 0) is 32.5 Å². The summed E-state index contributed by atoms with van der Waals surface area (Å²) >= 11 is 1.52. The van der Waals surface area contributed by atoms with Crippen LogP contribution in [0.25, 0.3) is 11.2 Å². The van der Waals surface area contributed by atoms with Crippen LogP contribution in [0, 0.1) is 0 Å². The third-order valence-electron chi connectivity index (χ3n) is 5.60. The number of esters is 1. The molecule has 1 aromatic carbocycles. The molecule has 0 unspecified atom stereocenters. The van der Waals surface area contributed by atoms with Crippen LogP contribution in [0.1, 0.15) is 16.6 Å². The second-order valence-corrected chi connectivity index (χ2v) is 9.35. The molecule has 13 heteroatoms. The highest BCUT2D eigenvalue weighted by molar-refractivity contribution is 7.98. The van der Waals surface area contributed by atoms with Crippen molar-refractivity contribution in [3.8, 4) is 0 Å². The summed E-state index contributed by atoms with van der Waals surface area (Å²) in [5, 5.41) is 2.73. The maximum Gasteiger partial charge on any atom is 0.407 e. The maximum atomic E-state index is 13.0. The van der Waals surface area contributed by atoms with E-state index in [9.17, 15) is 9.59 Å². The summed E-state index contributed by atoms with van der Waals surface area (Å²) in [6, 6.07) is 8.62. The molecule has 0 aliphatic carbocycles. The highest BCUT2D eigenvalue weighted by Crippen LogP contribution is 2.37. The molecule has 3 aromatic rings. The number of nitrogens with one attached hydrogen (secondary N) is 1. The summed E-state index contributed by atoms with van der Waals surface area (Å²) in [6.45, 7) is 1.01. The Kier molecular flexibility index (Phi) is 8.23. The molecule has 0 saturated carbocycles. The number of anilines is 1. The molecule has 12 nitrogen and oxygen atoms in total. The molecule has 1 amide bonds. The minimum atomic E-state index is -0.984. The number of alkyl carbamates (subject to hydrolysis) is 1. The minimum absolute atomic E-state index is 0.211. The molecule has 4 rings (SSSR count). The highest BCUT2D eigenvalue weighted by atomic mass is 32.2. The monoisotopic (exact) mass is 515 g/mol. The fraction of sp³-hybridized carbons (Fsp3) is 0.435. The summed E-state index contributed by atoms with van der Waals surface area (Å²) in [5.74, 6) is 0.165. The van der Waals surface area contributed by atoms with Gasteiger partial charge in [0, 0.05) is 18.8 Å². The number of nitrogen functional groups attached to an aromatic ring is 1. The standard InChI is InChI=1S/C23H29N7O5S/c1-29(2)10-9-25-23(32)35-18-17(34-22(31)14-7-5-4-6-8-14)15(11-36-3)33-21(18)30-13-28-16-19(24)26-12-27-20(16)30/h4-8,12-13,15,17-18,21H,9-11H2,1-3H3,(H,25,32)(H2,24,26,27)/t15-,17-,18-,21-/m1/s1. The first-order valence-corrected chi connectivity index (χ1v) is 12.7. The Hall–Kier alpha value is -3.42. The Morgan fingerprint density at radius 2 is 1.94 bits per heavy atom. The van der Waals surface area contributed by atoms with Gasteiger partial charge in [0.2, 0.25) is 0 Å². The third kappa shape index (κ3) is 5.69. The number of thioether (sulfide) groups is 1. The molecule has 0 spiro atoms. The number of fused-ring (bicyclic) bond motifs is 1. The van der Waals surface area contributed by atoms with Gasteiger partial charge >= 0.3 is 12.1 Å². The predicted octanol–water partition coefficient (Wildman–Crippen LogP) is 1.55. The SMILES string of the molecule is CSC[C@H]1O[C@@H](n2cnc3c(N)ncnc32)[C@H](OC(=O)NCCN(C)C)[C@@H]1OC(=O)c1ccccc1. The van der Waals surface area contributed by atoms with E-state index in [4.69, 9.17) is 19.9 Å². The van der Waals surface area contributed by atoms with Crippen LogP contribution in [0.4, 0.5) is 10.6 Å². The number of hydrogen-bond acceptors (Lipinski definition) is 11. The number of nitrogens with two attached hydrogens (primary N) is 1. The number of nitrogens with zero attached hydrogens (tertiary/aromatic N) is 5. The van der Waals surface area contributed by atoms with E-state index in [-0.39, 0.29) is 5.82 Å². The second-order valence-electron chi connectivity index (χ2n) is 8.44. The first-order valence-electron chi connectivity index (χ1n) is 11.3. The van der Waals surface area contributed by atoms with Gasteiger partial charge in [-0.1, -0.05) is 18.2 Å². The van der Waals surface area contributed by atoms with Crippen LogP contribution < -0.4 is 11.1 Å². The van der Waals surface area contributed by atoms with Crippen molar-refractivity contribution >= 4 is 40.8 Å². The van der Waals surface area contributed by atoms with Gasteiger partial charge in [-0.2, -0.15) is 11.8 Å². The lowest BCUT2D eigenvalue weighted by Crippen LogP contribution is -2.43. The molecule has 2 aromatic heterocycles. The van der Waals surface area contributed by atoms with Gasteiger partial charge in [0.1, 0.15) is 17.9 Å². The quantitative estimate of drug-likeness (QED) is 0.400. The van der Waals surface area contributed by atoms with Gasteiger partial charge in [-0.3, -0.25) is 4.57 Å². The first kappa shape index (κ1) is 25.7. The van der Waals surface area contributed by atoms with Crippen LogP contribution in [0.3, 0.4) is 0 Å². The van der Waals surface area contributed by atoms with E-state index >= 15 is 0 Å². The fourth-order valence-electron chi connectivity index (χ4n) is 3.87. The molecule has 1 fully saturated rings. The van der Waals surface area contributed by atoms with Gasteiger partial charge in [-0.25, -0.2) is 24.5 Å². The number of amides is 1. The lowest BCUT2D eigenvalue weighted by molar-refractivity contribution is -0.0371. The van der Waals surface area contributed by atoms with E-state index in [2.05, 4.69) is 20.3 Å². The van der Waals surface area contributed by atoms with E-state index < -0.39 is 36.6 Å². The van der Waals surface area contributed by atoms with E-state index in [0.717, 1.165) is 0 Å². The van der Waals surface area contributed by atoms with Crippen molar-refractivity contribution in [2.75, 3.05) is 44.9 Å². The van der Waals surface area contributed by atoms with Gasteiger partial charge in [-0.15, -0.1) is 0 Å². The lowest BCUT2D eigenvalue weighted by Gasteiger charge is -2.25. The maximum absolute atomic E-state index is 13.0. The summed E-state index contributed by atoms with van der Waals surface area (Å²) in [4.78, 5) is 40.2. The second kappa shape index (κ2) is 11.5. The van der Waals surface area contributed by atoms with Crippen molar-refractivity contribution in [1.29, 1.82) is 0 Å². The van der Waals surface area contributed by atoms with Crippen molar-refractivity contribution in [2.24, 2.45) is 0 Å². The number of imidazole rings is 1. The van der Waals surface area contributed by atoms with Crippen LogP contribution in [0.5, 0.6) is 0 Å². The molecule has 3 heterocycles. The molecular weight excluding hydrogens is 486 g/mol. The summed E-state index contributed by atoms with van der Waals surface area (Å²) in [7, 11) is 3.80. The smallest absolute Gasteiger partial charge is 0.407 e. The zero-order chi connectivity index (χ0) is 25.7. The number of ether oxygens (including phenoxy) is 3. The van der Waals surface area contributed by atoms with Gasteiger partial charge in [0.05, 0.1) is 11.9 Å². The summed E-state index contributed by atoms with van der Waals surface area (Å²) in [5.41, 5.74) is 7.14. The van der Waals surface area contributed by atoms with Crippen LogP contribution in [-0.4, -0.2) is 94.0 Å². The van der Waals surface area contributed by atoms with Crippen LogP contribution >= 0.6 is 11.8 Å². The van der Waals surface area contributed by atoms with E-state index in [1.807, 2.05) is 31.3 Å². The van der Waals surface area contributed by atoms with Crippen molar-refractivity contribution in [3.05, 3.63) is 48.5 Å². The first-order chi connectivity index (χ1) is 17.4. The largest absolute Gasteiger partial charge is 0.452 e. The molecule has 192 valence electrons. The van der Waals surface area contributed by atoms with Gasteiger partial charge in [0.25, 0.3) is 0 Å². The predicted molar refractivity (Wildman–Crippen MR) is 134 cm³/mol. The molecule has 1 aliphatic rings. The molecule has 1 aliphatic heterocycles. The van der Waals surface area contributed by atoms with Crippen molar-refractivity contribution in [3.63, 3.8) is 0 Å². The highest BCUT2D eigenvalue weighted by Gasteiger charge is 2.51. The van der Waals surface area contributed by atoms with E-state index in [1.165, 1.54) is 24.4 Å². The van der Waals surface area contributed by atoms with Crippen LogP contribution in [-0.2, 0) is 14.2 Å².